The highest BCUT2D eigenvalue weighted by Crippen LogP contribution is 2.48. The van der Waals surface area contributed by atoms with Crippen molar-refractivity contribution < 1.29 is 4.74 Å². The molecular weight excluding hydrogens is 401 g/mol. The van der Waals surface area contributed by atoms with Crippen LogP contribution < -0.4 is 11.1 Å². The molecule has 0 aliphatic heterocycles. The van der Waals surface area contributed by atoms with Gasteiger partial charge in [-0.3, -0.25) is 4.99 Å². The SMILES string of the molecule is COCC(C)NC(N)=NCC1(c2cccc(Cl)c2)CC1.I. The third kappa shape index (κ3) is 5.30. The van der Waals surface area contributed by atoms with Crippen LogP contribution in [0.5, 0.6) is 0 Å². The molecule has 1 aliphatic rings. The van der Waals surface area contributed by atoms with Gasteiger partial charge in [-0.1, -0.05) is 23.7 Å². The van der Waals surface area contributed by atoms with Crippen LogP contribution in [-0.2, 0) is 10.2 Å². The molecule has 6 heteroatoms. The standard InChI is InChI=1S/C15H22ClN3O.HI/c1-11(9-20-2)19-14(17)18-10-15(6-7-15)12-4-3-5-13(16)8-12;/h3-5,8,11H,6-7,9-10H2,1-2H3,(H3,17,18,19);1H. The molecule has 21 heavy (non-hydrogen) atoms. The van der Waals surface area contributed by atoms with Crippen molar-refractivity contribution in [2.24, 2.45) is 10.7 Å². The fraction of sp³-hybridized carbons (Fsp3) is 0.533. The Balaban J connectivity index is 0.00000220. The monoisotopic (exact) mass is 423 g/mol. The number of methoxy groups -OCH3 is 1. The highest BCUT2D eigenvalue weighted by atomic mass is 127. The molecule has 1 unspecified atom stereocenters. The number of ether oxygens (including phenoxy) is 1. The highest BCUT2D eigenvalue weighted by molar-refractivity contribution is 14.0. The van der Waals surface area contributed by atoms with Gasteiger partial charge >= 0.3 is 0 Å². The van der Waals surface area contributed by atoms with Gasteiger partial charge in [0.15, 0.2) is 5.96 Å². The molecule has 118 valence electrons. The minimum Gasteiger partial charge on any atom is -0.383 e. The van der Waals surface area contributed by atoms with Gasteiger partial charge in [0.05, 0.1) is 13.2 Å². The Bertz CT molecular complexity index is 492. The minimum absolute atomic E-state index is 0. The zero-order chi connectivity index (χ0) is 14.6. The Kier molecular flexibility index (Phi) is 7.23. The number of halogens is 2. The van der Waals surface area contributed by atoms with Crippen molar-refractivity contribution in [3.05, 3.63) is 34.9 Å². The van der Waals surface area contributed by atoms with Gasteiger partial charge < -0.3 is 15.8 Å². The molecule has 0 saturated heterocycles. The molecule has 0 amide bonds. The van der Waals surface area contributed by atoms with E-state index < -0.39 is 0 Å². The lowest BCUT2D eigenvalue weighted by Crippen LogP contribution is -2.41. The van der Waals surface area contributed by atoms with E-state index in [1.54, 1.807) is 7.11 Å². The average molecular weight is 424 g/mol. The second-order valence-corrected chi connectivity index (χ2v) is 5.93. The second-order valence-electron chi connectivity index (χ2n) is 5.49. The van der Waals surface area contributed by atoms with E-state index in [1.807, 2.05) is 25.1 Å². The maximum atomic E-state index is 6.06. The first-order valence-corrected chi connectivity index (χ1v) is 7.25. The Morgan fingerprint density at radius 3 is 2.81 bits per heavy atom. The number of benzene rings is 1. The van der Waals surface area contributed by atoms with E-state index in [9.17, 15) is 0 Å². The third-order valence-corrected chi connectivity index (χ3v) is 3.89. The van der Waals surface area contributed by atoms with Crippen LogP contribution in [0, 0.1) is 0 Å². The van der Waals surface area contributed by atoms with Gasteiger partial charge in [0, 0.05) is 23.6 Å². The highest BCUT2D eigenvalue weighted by Gasteiger charge is 2.44. The minimum atomic E-state index is 0. The topological polar surface area (TPSA) is 59.6 Å². The van der Waals surface area contributed by atoms with E-state index in [-0.39, 0.29) is 35.4 Å². The zero-order valence-corrected chi connectivity index (χ0v) is 15.5. The van der Waals surface area contributed by atoms with Crippen LogP contribution in [0.15, 0.2) is 29.3 Å². The molecule has 0 heterocycles. The van der Waals surface area contributed by atoms with Crippen LogP contribution in [0.4, 0.5) is 0 Å². The first-order valence-electron chi connectivity index (χ1n) is 6.87. The van der Waals surface area contributed by atoms with Crippen molar-refractivity contribution in [3.63, 3.8) is 0 Å². The maximum Gasteiger partial charge on any atom is 0.188 e. The molecule has 1 aliphatic carbocycles. The predicted octanol–water partition coefficient (Wildman–Crippen LogP) is 2.93. The summed E-state index contributed by atoms with van der Waals surface area (Å²) in [5, 5.41) is 3.90. The number of aliphatic imine (C=N–C) groups is 1. The molecule has 4 nitrogen and oxygen atoms in total. The summed E-state index contributed by atoms with van der Waals surface area (Å²) in [5.41, 5.74) is 7.29. The number of rotatable bonds is 6. The van der Waals surface area contributed by atoms with E-state index in [4.69, 9.17) is 22.1 Å². The summed E-state index contributed by atoms with van der Waals surface area (Å²) in [6, 6.07) is 8.19. The second kappa shape index (κ2) is 8.19. The van der Waals surface area contributed by atoms with Gasteiger partial charge in [0.1, 0.15) is 0 Å². The first kappa shape index (κ1) is 18.5. The quantitative estimate of drug-likeness (QED) is 0.420. The number of nitrogens with two attached hydrogens (primary N) is 1. The number of nitrogens with one attached hydrogen (secondary N) is 1. The fourth-order valence-electron chi connectivity index (χ4n) is 2.33. The molecule has 2 rings (SSSR count). The summed E-state index contributed by atoms with van der Waals surface area (Å²) in [6.07, 6.45) is 2.27. The molecule has 1 aromatic rings. The van der Waals surface area contributed by atoms with E-state index in [0.717, 1.165) is 17.9 Å². The van der Waals surface area contributed by atoms with E-state index in [1.165, 1.54) is 5.56 Å². The van der Waals surface area contributed by atoms with E-state index in [0.29, 0.717) is 19.1 Å². The molecule has 0 aromatic heterocycles. The van der Waals surface area contributed by atoms with Gasteiger partial charge in [0.2, 0.25) is 0 Å². The van der Waals surface area contributed by atoms with Crippen molar-refractivity contribution in [2.45, 2.75) is 31.2 Å². The largest absolute Gasteiger partial charge is 0.383 e. The van der Waals surface area contributed by atoms with E-state index in [2.05, 4.69) is 16.4 Å². The first-order chi connectivity index (χ1) is 9.55. The predicted molar refractivity (Wildman–Crippen MR) is 98.7 cm³/mol. The van der Waals surface area contributed by atoms with Gasteiger partial charge in [0.25, 0.3) is 0 Å². The summed E-state index contributed by atoms with van der Waals surface area (Å²) in [7, 11) is 1.67. The fourth-order valence-corrected chi connectivity index (χ4v) is 2.52. The van der Waals surface area contributed by atoms with E-state index >= 15 is 0 Å². The van der Waals surface area contributed by atoms with Crippen molar-refractivity contribution in [3.8, 4) is 0 Å². The third-order valence-electron chi connectivity index (χ3n) is 3.65. The molecule has 1 aromatic carbocycles. The summed E-state index contributed by atoms with van der Waals surface area (Å²) in [6.45, 7) is 3.32. The van der Waals surface area contributed by atoms with Crippen LogP contribution in [0.2, 0.25) is 5.02 Å². The molecule has 0 bridgehead atoms. The Morgan fingerprint density at radius 2 is 2.24 bits per heavy atom. The number of guanidine groups is 1. The maximum absolute atomic E-state index is 6.06. The smallest absolute Gasteiger partial charge is 0.188 e. The molecule has 1 fully saturated rings. The molecule has 1 saturated carbocycles. The number of nitrogens with zero attached hydrogens (tertiary/aromatic N) is 1. The van der Waals surface area contributed by atoms with Gasteiger partial charge in [-0.2, -0.15) is 0 Å². The van der Waals surface area contributed by atoms with Crippen LogP contribution >= 0.6 is 35.6 Å². The average Bonchev–Trinajstić information content (AvgIpc) is 3.18. The molecule has 1 atom stereocenters. The summed E-state index contributed by atoms with van der Waals surface area (Å²) >= 11 is 6.06. The van der Waals surface area contributed by atoms with Crippen molar-refractivity contribution >= 4 is 41.5 Å². The number of hydrogen-bond donors (Lipinski definition) is 2. The van der Waals surface area contributed by atoms with Crippen molar-refractivity contribution in [1.29, 1.82) is 0 Å². The van der Waals surface area contributed by atoms with Crippen molar-refractivity contribution in [1.82, 2.24) is 5.32 Å². The summed E-state index contributed by atoms with van der Waals surface area (Å²) in [5.74, 6) is 0.475. The van der Waals surface area contributed by atoms with Crippen LogP contribution in [0.3, 0.4) is 0 Å². The summed E-state index contributed by atoms with van der Waals surface area (Å²) in [4.78, 5) is 4.47. The van der Waals surface area contributed by atoms with Crippen LogP contribution in [0.25, 0.3) is 0 Å². The zero-order valence-electron chi connectivity index (χ0n) is 12.4. The molecular formula is C15H23ClIN3O. The van der Waals surface area contributed by atoms with Gasteiger partial charge in [-0.25, -0.2) is 0 Å². The Labute approximate surface area is 148 Å². The Hall–Kier alpha value is -0.530. The van der Waals surface area contributed by atoms with Crippen LogP contribution in [-0.4, -0.2) is 32.3 Å². The Morgan fingerprint density at radius 1 is 1.52 bits per heavy atom. The van der Waals surface area contributed by atoms with Crippen molar-refractivity contribution in [2.75, 3.05) is 20.3 Å². The lowest BCUT2D eigenvalue weighted by atomic mass is 9.96. The lowest BCUT2D eigenvalue weighted by molar-refractivity contribution is 0.179. The molecule has 0 radical (unpaired) electrons. The van der Waals surface area contributed by atoms with Crippen LogP contribution in [0.1, 0.15) is 25.3 Å². The van der Waals surface area contributed by atoms with Gasteiger partial charge in [-0.05, 0) is 37.5 Å². The molecule has 0 spiro atoms. The number of hydrogen-bond acceptors (Lipinski definition) is 2. The normalized spacial score (nSPS) is 17.8. The lowest BCUT2D eigenvalue weighted by Gasteiger charge is -2.16. The van der Waals surface area contributed by atoms with Gasteiger partial charge in [-0.15, -0.1) is 24.0 Å². The molecule has 3 N–H and O–H groups in total. The summed E-state index contributed by atoms with van der Waals surface area (Å²) < 4.78 is 5.06.